The number of methoxy groups -OCH3 is 1. The van der Waals surface area contributed by atoms with Gasteiger partial charge >= 0.3 is 11.9 Å². The van der Waals surface area contributed by atoms with Crippen molar-refractivity contribution in [3.05, 3.63) is 12.2 Å². The van der Waals surface area contributed by atoms with E-state index in [2.05, 4.69) is 0 Å². The summed E-state index contributed by atoms with van der Waals surface area (Å²) in [4.78, 5) is 23.2. The zero-order chi connectivity index (χ0) is 16.6. The number of aliphatic hydroxyl groups excluding tert-OH is 1. The largest absolute Gasteiger partial charge is 0.468 e. The molecule has 0 unspecified atom stereocenters. The maximum absolute atomic E-state index is 11.9. The Bertz CT molecular complexity index is 373. The standard InChI is InChI=1S/C16H28O5/c1-7-8-13(18)10-9-11(2)14(21-12(3)17)16(4,5)15(19)20-6/h9-11,13-14,18H,7-8H2,1-6H3/b10-9+/t11-,13-,14+/m1/s1. The first kappa shape index (κ1) is 19.6. The van der Waals surface area contributed by atoms with Crippen LogP contribution in [0.1, 0.15) is 47.5 Å². The number of hydrogen-bond acceptors (Lipinski definition) is 5. The van der Waals surface area contributed by atoms with Gasteiger partial charge in [-0.15, -0.1) is 0 Å². The van der Waals surface area contributed by atoms with Gasteiger partial charge in [0.1, 0.15) is 6.10 Å². The molecule has 0 fully saturated rings. The van der Waals surface area contributed by atoms with Crippen molar-refractivity contribution in [2.45, 2.75) is 59.7 Å². The number of ether oxygens (including phenoxy) is 2. The third-order valence-corrected chi connectivity index (χ3v) is 3.41. The molecule has 0 aromatic carbocycles. The van der Waals surface area contributed by atoms with Gasteiger partial charge in [-0.2, -0.15) is 0 Å². The third-order valence-electron chi connectivity index (χ3n) is 3.41. The molecule has 0 saturated carbocycles. The topological polar surface area (TPSA) is 72.8 Å². The van der Waals surface area contributed by atoms with Crippen LogP contribution in [0.5, 0.6) is 0 Å². The molecule has 0 aliphatic carbocycles. The lowest BCUT2D eigenvalue weighted by Gasteiger charge is -2.34. The van der Waals surface area contributed by atoms with Gasteiger partial charge in [0, 0.05) is 12.8 Å². The molecular weight excluding hydrogens is 272 g/mol. The molecule has 0 saturated heterocycles. The zero-order valence-corrected chi connectivity index (χ0v) is 13.9. The number of hydrogen-bond donors (Lipinski definition) is 1. The Morgan fingerprint density at radius 2 is 1.86 bits per heavy atom. The van der Waals surface area contributed by atoms with E-state index in [1.807, 2.05) is 13.8 Å². The molecule has 0 aromatic rings. The SMILES string of the molecule is CCC[C@@H](O)/C=C/[C@@H](C)[C@H](OC(C)=O)C(C)(C)C(=O)OC. The Hall–Kier alpha value is -1.36. The number of rotatable bonds is 8. The number of esters is 2. The Balaban J connectivity index is 5.14. The average Bonchev–Trinajstić information content (AvgIpc) is 2.41. The summed E-state index contributed by atoms with van der Waals surface area (Å²) in [7, 11) is 1.31. The predicted octanol–water partition coefficient (Wildman–Crippen LogP) is 2.47. The van der Waals surface area contributed by atoms with E-state index in [1.54, 1.807) is 26.0 Å². The van der Waals surface area contributed by atoms with Crippen molar-refractivity contribution in [3.8, 4) is 0 Å². The van der Waals surface area contributed by atoms with E-state index in [9.17, 15) is 14.7 Å². The van der Waals surface area contributed by atoms with Crippen molar-refractivity contribution in [3.63, 3.8) is 0 Å². The summed E-state index contributed by atoms with van der Waals surface area (Å²) < 4.78 is 10.1. The molecular formula is C16H28O5. The smallest absolute Gasteiger partial charge is 0.315 e. The molecule has 5 heteroatoms. The summed E-state index contributed by atoms with van der Waals surface area (Å²) in [6, 6.07) is 0. The molecule has 0 spiro atoms. The van der Waals surface area contributed by atoms with Crippen molar-refractivity contribution in [2.24, 2.45) is 11.3 Å². The van der Waals surface area contributed by atoms with Crippen LogP contribution in [0.2, 0.25) is 0 Å². The lowest BCUT2D eigenvalue weighted by molar-refractivity contribution is -0.170. The van der Waals surface area contributed by atoms with E-state index in [-0.39, 0.29) is 5.92 Å². The fourth-order valence-electron chi connectivity index (χ4n) is 2.27. The molecule has 0 heterocycles. The molecule has 5 nitrogen and oxygen atoms in total. The molecule has 0 aromatic heterocycles. The quantitative estimate of drug-likeness (QED) is 0.550. The van der Waals surface area contributed by atoms with Crippen LogP contribution in [-0.4, -0.2) is 36.4 Å². The molecule has 0 bridgehead atoms. The fraction of sp³-hybridized carbons (Fsp3) is 0.750. The number of carbonyl (C=O) groups excluding carboxylic acids is 2. The summed E-state index contributed by atoms with van der Waals surface area (Å²) in [6.45, 7) is 8.50. The predicted molar refractivity (Wildman–Crippen MR) is 80.6 cm³/mol. The van der Waals surface area contributed by atoms with E-state index < -0.39 is 29.6 Å². The van der Waals surface area contributed by atoms with Crippen LogP contribution in [0, 0.1) is 11.3 Å². The maximum Gasteiger partial charge on any atom is 0.315 e. The Morgan fingerprint density at radius 3 is 2.29 bits per heavy atom. The molecule has 0 rings (SSSR count). The van der Waals surface area contributed by atoms with Crippen molar-refractivity contribution in [2.75, 3.05) is 7.11 Å². The summed E-state index contributed by atoms with van der Waals surface area (Å²) in [5, 5.41) is 9.73. The van der Waals surface area contributed by atoms with Gasteiger partial charge in [-0.1, -0.05) is 32.4 Å². The normalized spacial score (nSPS) is 16.3. The maximum atomic E-state index is 11.9. The van der Waals surface area contributed by atoms with Crippen LogP contribution in [0.3, 0.4) is 0 Å². The van der Waals surface area contributed by atoms with Gasteiger partial charge in [-0.25, -0.2) is 0 Å². The highest BCUT2D eigenvalue weighted by Crippen LogP contribution is 2.31. The third kappa shape index (κ3) is 6.29. The molecule has 0 amide bonds. The monoisotopic (exact) mass is 300 g/mol. The van der Waals surface area contributed by atoms with Crippen molar-refractivity contribution in [1.29, 1.82) is 0 Å². The van der Waals surface area contributed by atoms with Crippen molar-refractivity contribution in [1.82, 2.24) is 0 Å². The van der Waals surface area contributed by atoms with Crippen molar-refractivity contribution < 1.29 is 24.2 Å². The van der Waals surface area contributed by atoms with Crippen LogP contribution in [0.25, 0.3) is 0 Å². The van der Waals surface area contributed by atoms with E-state index in [0.717, 1.165) is 6.42 Å². The highest BCUT2D eigenvalue weighted by atomic mass is 16.6. The summed E-state index contributed by atoms with van der Waals surface area (Å²) in [5.74, 6) is -1.12. The lowest BCUT2D eigenvalue weighted by atomic mass is 9.79. The van der Waals surface area contributed by atoms with Gasteiger partial charge in [0.25, 0.3) is 0 Å². The molecule has 1 N–H and O–H groups in total. The highest BCUT2D eigenvalue weighted by Gasteiger charge is 2.42. The second-order valence-corrected chi connectivity index (χ2v) is 5.84. The van der Waals surface area contributed by atoms with Gasteiger partial charge in [0.05, 0.1) is 18.6 Å². The molecule has 0 radical (unpaired) electrons. The fourth-order valence-corrected chi connectivity index (χ4v) is 2.27. The molecule has 3 atom stereocenters. The van der Waals surface area contributed by atoms with Crippen LogP contribution in [-0.2, 0) is 19.1 Å². The van der Waals surface area contributed by atoms with E-state index in [1.165, 1.54) is 14.0 Å². The first-order valence-corrected chi connectivity index (χ1v) is 7.28. The van der Waals surface area contributed by atoms with E-state index in [4.69, 9.17) is 9.47 Å². The second kappa shape index (κ2) is 8.82. The minimum absolute atomic E-state index is 0.227. The Labute approximate surface area is 127 Å². The van der Waals surface area contributed by atoms with Gasteiger partial charge < -0.3 is 14.6 Å². The van der Waals surface area contributed by atoms with Gasteiger partial charge in [-0.3, -0.25) is 9.59 Å². The van der Waals surface area contributed by atoms with E-state index in [0.29, 0.717) is 6.42 Å². The Morgan fingerprint density at radius 1 is 1.29 bits per heavy atom. The first-order chi connectivity index (χ1) is 9.66. The second-order valence-electron chi connectivity index (χ2n) is 5.84. The van der Waals surface area contributed by atoms with Crippen LogP contribution >= 0.6 is 0 Å². The molecule has 0 aliphatic rings. The van der Waals surface area contributed by atoms with Gasteiger partial charge in [-0.05, 0) is 20.3 Å². The Kier molecular flexibility index (Phi) is 8.25. The van der Waals surface area contributed by atoms with Gasteiger partial charge in [0.15, 0.2) is 0 Å². The van der Waals surface area contributed by atoms with Gasteiger partial charge in [0.2, 0.25) is 0 Å². The lowest BCUT2D eigenvalue weighted by Crippen LogP contribution is -2.44. The minimum Gasteiger partial charge on any atom is -0.468 e. The summed E-state index contributed by atoms with van der Waals surface area (Å²) >= 11 is 0. The average molecular weight is 300 g/mol. The van der Waals surface area contributed by atoms with Crippen molar-refractivity contribution >= 4 is 11.9 Å². The summed E-state index contributed by atoms with van der Waals surface area (Å²) in [6.07, 6.45) is 3.81. The van der Waals surface area contributed by atoms with Crippen LogP contribution in [0.15, 0.2) is 12.2 Å². The molecule has 21 heavy (non-hydrogen) atoms. The zero-order valence-electron chi connectivity index (χ0n) is 13.9. The minimum atomic E-state index is -0.972. The highest BCUT2D eigenvalue weighted by molar-refractivity contribution is 5.77. The molecule has 122 valence electrons. The van der Waals surface area contributed by atoms with E-state index >= 15 is 0 Å². The number of aliphatic hydroxyl groups is 1. The number of carbonyl (C=O) groups is 2. The van der Waals surface area contributed by atoms with Crippen LogP contribution < -0.4 is 0 Å². The first-order valence-electron chi connectivity index (χ1n) is 7.28. The van der Waals surface area contributed by atoms with Crippen LogP contribution in [0.4, 0.5) is 0 Å². The summed E-state index contributed by atoms with van der Waals surface area (Å²) in [5.41, 5.74) is -0.972. The molecule has 0 aliphatic heterocycles.